The molecule has 1 aromatic heterocycles. The molecule has 0 fully saturated rings. The van der Waals surface area contributed by atoms with Crippen LogP contribution in [0.1, 0.15) is 17.4 Å². The van der Waals surface area contributed by atoms with Gasteiger partial charge in [-0.25, -0.2) is 0 Å². The predicted molar refractivity (Wildman–Crippen MR) is 87.2 cm³/mol. The number of nitrogens with zero attached hydrogens (tertiary/aromatic N) is 1. The summed E-state index contributed by atoms with van der Waals surface area (Å²) in [6.07, 6.45) is 1.73. The number of carbonyl (C=O) groups is 1. The van der Waals surface area contributed by atoms with Crippen LogP contribution in [0.3, 0.4) is 0 Å². The van der Waals surface area contributed by atoms with Crippen LogP contribution in [0.4, 0.5) is 5.69 Å². The van der Waals surface area contributed by atoms with Crippen LogP contribution >= 0.6 is 45.8 Å². The molecule has 1 amide bonds. The molecule has 0 radical (unpaired) electrons. The van der Waals surface area contributed by atoms with E-state index < -0.39 is 0 Å². The lowest BCUT2D eigenvalue weighted by Crippen LogP contribution is -2.16. The van der Waals surface area contributed by atoms with E-state index in [1.807, 2.05) is 13.0 Å². The van der Waals surface area contributed by atoms with E-state index in [9.17, 15) is 4.79 Å². The van der Waals surface area contributed by atoms with Crippen molar-refractivity contribution in [1.29, 1.82) is 0 Å². The molecule has 1 aromatic carbocycles. The van der Waals surface area contributed by atoms with Gasteiger partial charge in [-0.15, -0.1) is 0 Å². The maximum absolute atomic E-state index is 12.2. The number of benzene rings is 1. The molecule has 1 heterocycles. The fourth-order valence-corrected chi connectivity index (χ4v) is 2.83. The molecule has 0 unspecified atom stereocenters. The Hall–Kier alpha value is -0.720. The fourth-order valence-electron chi connectivity index (χ4n) is 1.70. The first kappa shape index (κ1) is 14.7. The van der Waals surface area contributed by atoms with Gasteiger partial charge in [-0.2, -0.15) is 0 Å². The van der Waals surface area contributed by atoms with Crippen LogP contribution in [0, 0.1) is 3.57 Å². The van der Waals surface area contributed by atoms with Gasteiger partial charge in [-0.1, -0.05) is 23.2 Å². The van der Waals surface area contributed by atoms with Gasteiger partial charge >= 0.3 is 0 Å². The van der Waals surface area contributed by atoms with Gasteiger partial charge < -0.3 is 9.88 Å². The van der Waals surface area contributed by atoms with Crippen molar-refractivity contribution in [1.82, 2.24) is 4.57 Å². The van der Waals surface area contributed by atoms with Crippen molar-refractivity contribution < 1.29 is 4.79 Å². The molecule has 0 bridgehead atoms. The Morgan fingerprint density at radius 3 is 2.74 bits per heavy atom. The highest BCUT2D eigenvalue weighted by molar-refractivity contribution is 14.1. The molecule has 19 heavy (non-hydrogen) atoms. The zero-order valence-corrected chi connectivity index (χ0v) is 13.8. The van der Waals surface area contributed by atoms with Crippen molar-refractivity contribution in [3.8, 4) is 0 Å². The SMILES string of the molecule is CCn1cc(Cl)cc1C(=O)Nc1ccc(I)cc1Cl. The molecule has 0 aliphatic heterocycles. The smallest absolute Gasteiger partial charge is 0.272 e. The lowest BCUT2D eigenvalue weighted by molar-refractivity contribution is 0.101. The highest BCUT2D eigenvalue weighted by Crippen LogP contribution is 2.25. The number of halogens is 3. The average molecular weight is 409 g/mol. The van der Waals surface area contributed by atoms with Gasteiger partial charge in [0, 0.05) is 16.3 Å². The number of aromatic nitrogens is 1. The molecule has 0 saturated heterocycles. The fraction of sp³-hybridized carbons (Fsp3) is 0.154. The molecule has 3 nitrogen and oxygen atoms in total. The third-order valence-corrected chi connectivity index (χ3v) is 3.81. The van der Waals surface area contributed by atoms with Crippen molar-refractivity contribution >= 4 is 57.4 Å². The minimum Gasteiger partial charge on any atom is -0.342 e. The maximum Gasteiger partial charge on any atom is 0.272 e. The molecule has 0 aliphatic rings. The van der Waals surface area contributed by atoms with Crippen molar-refractivity contribution in [2.24, 2.45) is 0 Å². The van der Waals surface area contributed by atoms with Gasteiger partial charge in [-0.05, 0) is 53.8 Å². The number of amides is 1. The van der Waals surface area contributed by atoms with Crippen LogP contribution in [0.25, 0.3) is 0 Å². The normalized spacial score (nSPS) is 10.5. The molecule has 2 aromatic rings. The van der Waals surface area contributed by atoms with Crippen molar-refractivity contribution in [2.75, 3.05) is 5.32 Å². The van der Waals surface area contributed by atoms with Crippen LogP contribution in [0.15, 0.2) is 30.5 Å². The van der Waals surface area contributed by atoms with E-state index in [0.717, 1.165) is 3.57 Å². The van der Waals surface area contributed by atoms with Gasteiger partial charge in [0.2, 0.25) is 0 Å². The molecular weight excluding hydrogens is 398 g/mol. The van der Waals surface area contributed by atoms with E-state index in [0.29, 0.717) is 28.0 Å². The van der Waals surface area contributed by atoms with Crippen LogP contribution in [0.2, 0.25) is 10.0 Å². The van der Waals surface area contributed by atoms with Gasteiger partial charge in [-0.3, -0.25) is 4.79 Å². The molecular formula is C13H11Cl2IN2O. The van der Waals surface area contributed by atoms with E-state index in [4.69, 9.17) is 23.2 Å². The first-order valence-corrected chi connectivity index (χ1v) is 7.46. The second-order valence-corrected chi connectivity index (χ2v) is 6.00. The Kier molecular flexibility index (Phi) is 4.76. The van der Waals surface area contributed by atoms with Gasteiger partial charge in [0.15, 0.2) is 0 Å². The van der Waals surface area contributed by atoms with Gasteiger partial charge in [0.05, 0.1) is 15.7 Å². The van der Waals surface area contributed by atoms with Crippen LogP contribution in [-0.4, -0.2) is 10.5 Å². The Morgan fingerprint density at radius 2 is 2.11 bits per heavy atom. The molecule has 0 spiro atoms. The Bertz CT molecular complexity index is 625. The summed E-state index contributed by atoms with van der Waals surface area (Å²) in [6.45, 7) is 2.63. The summed E-state index contributed by atoms with van der Waals surface area (Å²) in [4.78, 5) is 12.2. The second-order valence-electron chi connectivity index (χ2n) is 3.91. The Balaban J connectivity index is 2.25. The molecule has 0 aliphatic carbocycles. The van der Waals surface area contributed by atoms with Crippen LogP contribution in [-0.2, 0) is 6.54 Å². The summed E-state index contributed by atoms with van der Waals surface area (Å²) in [7, 11) is 0. The molecule has 6 heteroatoms. The summed E-state index contributed by atoms with van der Waals surface area (Å²) in [5.74, 6) is -0.225. The number of nitrogens with one attached hydrogen (secondary N) is 1. The molecule has 0 atom stereocenters. The van der Waals surface area contributed by atoms with E-state index in [1.54, 1.807) is 29.0 Å². The molecule has 100 valence electrons. The van der Waals surface area contributed by atoms with E-state index in [2.05, 4.69) is 27.9 Å². The number of hydrogen-bond acceptors (Lipinski definition) is 1. The highest BCUT2D eigenvalue weighted by atomic mass is 127. The summed E-state index contributed by atoms with van der Waals surface area (Å²) in [5.41, 5.74) is 1.11. The summed E-state index contributed by atoms with van der Waals surface area (Å²) in [6, 6.07) is 7.10. The zero-order valence-electron chi connectivity index (χ0n) is 10.1. The van der Waals surface area contributed by atoms with Crippen molar-refractivity contribution in [2.45, 2.75) is 13.5 Å². The number of aryl methyl sites for hydroxylation is 1. The van der Waals surface area contributed by atoms with Crippen molar-refractivity contribution in [3.05, 3.63) is 49.8 Å². The highest BCUT2D eigenvalue weighted by Gasteiger charge is 2.14. The summed E-state index contributed by atoms with van der Waals surface area (Å²) >= 11 is 14.2. The standard InChI is InChI=1S/C13H11Cl2IN2O/c1-2-18-7-8(14)5-12(18)13(19)17-11-4-3-9(16)6-10(11)15/h3-7H,2H2,1H3,(H,17,19). The van der Waals surface area contributed by atoms with E-state index >= 15 is 0 Å². The minimum absolute atomic E-state index is 0.225. The molecule has 1 N–H and O–H groups in total. The van der Waals surface area contributed by atoms with Crippen LogP contribution < -0.4 is 5.32 Å². The quantitative estimate of drug-likeness (QED) is 0.735. The Morgan fingerprint density at radius 1 is 1.37 bits per heavy atom. The summed E-state index contributed by atoms with van der Waals surface area (Å²) < 4.78 is 2.80. The third kappa shape index (κ3) is 3.43. The third-order valence-electron chi connectivity index (χ3n) is 2.62. The number of rotatable bonds is 3. The van der Waals surface area contributed by atoms with Gasteiger partial charge in [0.25, 0.3) is 5.91 Å². The molecule has 2 rings (SSSR count). The minimum atomic E-state index is -0.225. The molecule has 0 saturated carbocycles. The zero-order chi connectivity index (χ0) is 14.0. The monoisotopic (exact) mass is 408 g/mol. The number of hydrogen-bond donors (Lipinski definition) is 1. The second kappa shape index (κ2) is 6.15. The first-order chi connectivity index (χ1) is 9.01. The van der Waals surface area contributed by atoms with Crippen LogP contribution in [0.5, 0.6) is 0 Å². The Labute approximate surface area is 135 Å². The maximum atomic E-state index is 12.2. The lowest BCUT2D eigenvalue weighted by atomic mass is 10.3. The average Bonchev–Trinajstić information content (AvgIpc) is 2.74. The van der Waals surface area contributed by atoms with E-state index in [-0.39, 0.29) is 5.91 Å². The topological polar surface area (TPSA) is 34.0 Å². The first-order valence-electron chi connectivity index (χ1n) is 5.63. The summed E-state index contributed by atoms with van der Waals surface area (Å²) in [5, 5.41) is 3.85. The largest absolute Gasteiger partial charge is 0.342 e. The van der Waals surface area contributed by atoms with E-state index in [1.165, 1.54) is 0 Å². The number of anilines is 1. The van der Waals surface area contributed by atoms with Crippen molar-refractivity contribution in [3.63, 3.8) is 0 Å². The predicted octanol–water partition coefficient (Wildman–Crippen LogP) is 4.67. The number of carbonyl (C=O) groups excluding carboxylic acids is 1. The van der Waals surface area contributed by atoms with Gasteiger partial charge in [0.1, 0.15) is 5.69 Å². The lowest BCUT2D eigenvalue weighted by Gasteiger charge is -2.09.